The number of aryl methyl sites for hydroxylation is 1. The van der Waals surface area contributed by atoms with E-state index in [4.69, 9.17) is 4.74 Å². The molecule has 0 saturated heterocycles. The van der Waals surface area contributed by atoms with E-state index in [-0.39, 0.29) is 12.0 Å². The lowest BCUT2D eigenvalue weighted by molar-refractivity contribution is -0.117. The first-order valence-corrected chi connectivity index (χ1v) is 4.98. The van der Waals surface area contributed by atoms with E-state index < -0.39 is 0 Å². The third kappa shape index (κ3) is 4.60. The fourth-order valence-corrected chi connectivity index (χ4v) is 1.10. The molecule has 0 atom stereocenters. The lowest BCUT2D eigenvalue weighted by Gasteiger charge is -2.06. The highest BCUT2D eigenvalue weighted by Crippen LogP contribution is 2.03. The molecule has 0 spiro atoms. The lowest BCUT2D eigenvalue weighted by Crippen LogP contribution is -2.15. The van der Waals surface area contributed by atoms with E-state index in [1.807, 2.05) is 13.8 Å². The van der Waals surface area contributed by atoms with E-state index in [1.54, 1.807) is 24.1 Å². The summed E-state index contributed by atoms with van der Waals surface area (Å²) in [6.45, 7) is 4.34. The molecule has 0 fully saturated rings. The van der Waals surface area contributed by atoms with Gasteiger partial charge in [0.25, 0.3) is 0 Å². The van der Waals surface area contributed by atoms with Gasteiger partial charge in [-0.05, 0) is 13.8 Å². The van der Waals surface area contributed by atoms with E-state index >= 15 is 0 Å². The number of aromatic nitrogens is 2. The van der Waals surface area contributed by atoms with Crippen LogP contribution in [0.1, 0.15) is 20.3 Å². The van der Waals surface area contributed by atoms with Gasteiger partial charge in [-0.2, -0.15) is 5.10 Å². The molecule has 0 aliphatic rings. The Morgan fingerprint density at radius 2 is 2.40 bits per heavy atom. The Labute approximate surface area is 89.4 Å². The van der Waals surface area contributed by atoms with Crippen molar-refractivity contribution in [3.8, 4) is 0 Å². The Morgan fingerprint density at radius 1 is 1.67 bits per heavy atom. The van der Waals surface area contributed by atoms with Crippen LogP contribution in [-0.4, -0.2) is 28.4 Å². The number of hydrogen-bond acceptors (Lipinski definition) is 3. The van der Waals surface area contributed by atoms with Gasteiger partial charge in [0.05, 0.1) is 31.0 Å². The van der Waals surface area contributed by atoms with Gasteiger partial charge in [0.2, 0.25) is 5.91 Å². The van der Waals surface area contributed by atoms with E-state index in [9.17, 15) is 4.79 Å². The van der Waals surface area contributed by atoms with E-state index in [1.165, 1.54) is 0 Å². The molecule has 5 heteroatoms. The second-order valence-corrected chi connectivity index (χ2v) is 3.62. The zero-order chi connectivity index (χ0) is 11.3. The third-order valence-electron chi connectivity index (χ3n) is 1.77. The van der Waals surface area contributed by atoms with Gasteiger partial charge in [-0.3, -0.25) is 9.48 Å². The molecule has 1 amide bonds. The summed E-state index contributed by atoms with van der Waals surface area (Å²) >= 11 is 0. The first kappa shape index (κ1) is 11.7. The van der Waals surface area contributed by atoms with Crippen molar-refractivity contribution in [2.45, 2.75) is 26.4 Å². The van der Waals surface area contributed by atoms with Crippen LogP contribution in [0.2, 0.25) is 0 Å². The molecule has 1 heterocycles. The van der Waals surface area contributed by atoms with Crippen LogP contribution in [-0.2, 0) is 16.6 Å². The third-order valence-corrected chi connectivity index (χ3v) is 1.77. The maximum Gasteiger partial charge on any atom is 0.226 e. The molecule has 0 bridgehead atoms. The maximum absolute atomic E-state index is 11.4. The summed E-state index contributed by atoms with van der Waals surface area (Å²) in [7, 11) is 1.80. The average Bonchev–Trinajstić information content (AvgIpc) is 2.50. The highest BCUT2D eigenvalue weighted by molar-refractivity contribution is 5.90. The van der Waals surface area contributed by atoms with E-state index in [0.29, 0.717) is 18.7 Å². The molecule has 0 aliphatic heterocycles. The smallest absolute Gasteiger partial charge is 0.226 e. The van der Waals surface area contributed by atoms with Crippen LogP contribution in [0.25, 0.3) is 0 Å². The first-order valence-electron chi connectivity index (χ1n) is 4.98. The summed E-state index contributed by atoms with van der Waals surface area (Å²) in [6, 6.07) is 0. The van der Waals surface area contributed by atoms with Crippen LogP contribution in [0.15, 0.2) is 12.4 Å². The van der Waals surface area contributed by atoms with Gasteiger partial charge in [-0.15, -0.1) is 0 Å². The molecule has 0 aromatic carbocycles. The second kappa shape index (κ2) is 5.50. The largest absolute Gasteiger partial charge is 0.378 e. The summed E-state index contributed by atoms with van der Waals surface area (Å²) in [5, 5.41) is 6.68. The van der Waals surface area contributed by atoms with Crippen LogP contribution in [0.3, 0.4) is 0 Å². The number of carbonyl (C=O) groups is 1. The van der Waals surface area contributed by atoms with Crippen LogP contribution in [0, 0.1) is 0 Å². The fraction of sp³-hybridized carbons (Fsp3) is 0.600. The Hall–Kier alpha value is -1.36. The molecule has 0 radical (unpaired) electrons. The lowest BCUT2D eigenvalue weighted by atomic mass is 10.4. The molecular weight excluding hydrogens is 194 g/mol. The van der Waals surface area contributed by atoms with Gasteiger partial charge in [-0.25, -0.2) is 0 Å². The first-order chi connectivity index (χ1) is 7.08. The number of rotatable bonds is 5. The predicted molar refractivity (Wildman–Crippen MR) is 57.5 cm³/mol. The van der Waals surface area contributed by atoms with Gasteiger partial charge in [0.15, 0.2) is 0 Å². The van der Waals surface area contributed by atoms with E-state index in [2.05, 4.69) is 10.4 Å². The number of hydrogen-bond donors (Lipinski definition) is 1. The quantitative estimate of drug-likeness (QED) is 0.795. The highest BCUT2D eigenvalue weighted by atomic mass is 16.5. The molecule has 0 saturated carbocycles. The fourth-order valence-electron chi connectivity index (χ4n) is 1.10. The monoisotopic (exact) mass is 211 g/mol. The van der Waals surface area contributed by atoms with Crippen LogP contribution >= 0.6 is 0 Å². The number of ether oxygens (including phenoxy) is 1. The zero-order valence-electron chi connectivity index (χ0n) is 9.36. The summed E-state index contributed by atoms with van der Waals surface area (Å²) in [4.78, 5) is 11.4. The normalized spacial score (nSPS) is 10.7. The zero-order valence-corrected chi connectivity index (χ0v) is 9.36. The summed E-state index contributed by atoms with van der Waals surface area (Å²) in [5.74, 6) is -0.0522. The molecule has 1 N–H and O–H groups in total. The topological polar surface area (TPSA) is 56.1 Å². The Kier molecular flexibility index (Phi) is 4.30. The van der Waals surface area contributed by atoms with Gasteiger partial charge >= 0.3 is 0 Å². The van der Waals surface area contributed by atoms with Crippen molar-refractivity contribution >= 4 is 11.6 Å². The summed E-state index contributed by atoms with van der Waals surface area (Å²) in [5.41, 5.74) is 0.715. The van der Waals surface area contributed by atoms with Gasteiger partial charge in [0, 0.05) is 13.2 Å². The van der Waals surface area contributed by atoms with Crippen molar-refractivity contribution in [2.24, 2.45) is 7.05 Å². The minimum atomic E-state index is -0.0522. The Morgan fingerprint density at radius 3 is 2.93 bits per heavy atom. The SMILES string of the molecule is CC(C)OCCC(=O)Nc1cnn(C)c1. The number of carbonyl (C=O) groups excluding carboxylic acids is 1. The van der Waals surface area contributed by atoms with Crippen molar-refractivity contribution in [3.05, 3.63) is 12.4 Å². The van der Waals surface area contributed by atoms with Crippen LogP contribution in [0.5, 0.6) is 0 Å². The number of nitrogens with one attached hydrogen (secondary N) is 1. The molecule has 5 nitrogen and oxygen atoms in total. The maximum atomic E-state index is 11.4. The van der Waals surface area contributed by atoms with Gasteiger partial charge in [-0.1, -0.05) is 0 Å². The van der Waals surface area contributed by atoms with Gasteiger partial charge in [0.1, 0.15) is 0 Å². The second-order valence-electron chi connectivity index (χ2n) is 3.62. The summed E-state index contributed by atoms with van der Waals surface area (Å²) < 4.78 is 6.91. The van der Waals surface area contributed by atoms with Gasteiger partial charge < -0.3 is 10.1 Å². The molecule has 15 heavy (non-hydrogen) atoms. The van der Waals surface area contributed by atoms with Crippen LogP contribution in [0.4, 0.5) is 5.69 Å². The van der Waals surface area contributed by atoms with Crippen molar-refractivity contribution in [3.63, 3.8) is 0 Å². The Balaban J connectivity index is 2.24. The molecule has 0 aliphatic carbocycles. The highest BCUT2D eigenvalue weighted by Gasteiger charge is 2.04. The molecule has 0 unspecified atom stereocenters. The van der Waals surface area contributed by atoms with Crippen molar-refractivity contribution in [2.75, 3.05) is 11.9 Å². The minimum Gasteiger partial charge on any atom is -0.378 e. The molecule has 1 aromatic heterocycles. The van der Waals surface area contributed by atoms with Crippen molar-refractivity contribution in [1.29, 1.82) is 0 Å². The number of amides is 1. The molecular formula is C10H17N3O2. The Bertz CT molecular complexity index is 320. The average molecular weight is 211 g/mol. The van der Waals surface area contributed by atoms with Crippen molar-refractivity contribution < 1.29 is 9.53 Å². The predicted octanol–water partition coefficient (Wildman–Crippen LogP) is 1.17. The molecule has 1 aromatic rings. The molecule has 1 rings (SSSR count). The summed E-state index contributed by atoms with van der Waals surface area (Å²) in [6.07, 6.45) is 3.89. The standard InChI is InChI=1S/C10H17N3O2/c1-8(2)15-5-4-10(14)12-9-6-11-13(3)7-9/h6-8H,4-5H2,1-3H3,(H,12,14). The minimum absolute atomic E-state index is 0.0522. The van der Waals surface area contributed by atoms with E-state index in [0.717, 1.165) is 0 Å². The number of nitrogens with zero attached hydrogens (tertiary/aromatic N) is 2. The van der Waals surface area contributed by atoms with Crippen molar-refractivity contribution in [1.82, 2.24) is 9.78 Å². The van der Waals surface area contributed by atoms with Crippen LogP contribution < -0.4 is 5.32 Å². The molecule has 84 valence electrons. The number of anilines is 1.